The summed E-state index contributed by atoms with van der Waals surface area (Å²) in [6, 6.07) is 5.76. The van der Waals surface area contributed by atoms with Crippen molar-refractivity contribution < 1.29 is 4.79 Å². The van der Waals surface area contributed by atoms with E-state index in [9.17, 15) is 4.79 Å². The highest BCUT2D eigenvalue weighted by Crippen LogP contribution is 2.37. The van der Waals surface area contributed by atoms with Gasteiger partial charge >= 0.3 is 0 Å². The summed E-state index contributed by atoms with van der Waals surface area (Å²) in [7, 11) is 0. The number of pyridine rings is 1. The highest BCUT2D eigenvalue weighted by atomic mass is 32.1. The molecule has 4 aromatic rings. The number of carbonyl (C=O) groups excluding carboxylic acids is 1. The zero-order valence-corrected chi connectivity index (χ0v) is 15.2. The maximum atomic E-state index is 12.9. The van der Waals surface area contributed by atoms with E-state index in [2.05, 4.69) is 31.0 Å². The van der Waals surface area contributed by atoms with Gasteiger partial charge in [0.2, 0.25) is 0 Å². The van der Waals surface area contributed by atoms with Gasteiger partial charge in [0.25, 0.3) is 5.91 Å². The van der Waals surface area contributed by atoms with Crippen molar-refractivity contribution in [2.45, 2.75) is 25.7 Å². The van der Waals surface area contributed by atoms with E-state index in [1.807, 2.05) is 28.8 Å². The van der Waals surface area contributed by atoms with E-state index in [-0.39, 0.29) is 5.91 Å². The van der Waals surface area contributed by atoms with Crippen LogP contribution in [0.4, 0.5) is 0 Å². The number of hydrogen-bond acceptors (Lipinski definition) is 7. The Morgan fingerprint density at radius 2 is 2.22 bits per heavy atom. The fourth-order valence-corrected chi connectivity index (χ4v) is 4.78. The summed E-state index contributed by atoms with van der Waals surface area (Å²) >= 11 is 1.60. The topological polar surface area (TPSA) is 103 Å². The van der Waals surface area contributed by atoms with E-state index >= 15 is 0 Å². The predicted molar refractivity (Wildman–Crippen MR) is 98.1 cm³/mol. The number of nitrogens with one attached hydrogen (secondary N) is 1. The smallest absolute Gasteiger partial charge is 0.254 e. The van der Waals surface area contributed by atoms with Gasteiger partial charge in [-0.25, -0.2) is 0 Å². The van der Waals surface area contributed by atoms with Gasteiger partial charge in [-0.2, -0.15) is 4.68 Å². The molecule has 0 radical (unpaired) electrons. The minimum atomic E-state index is -0.0891. The third-order valence-corrected chi connectivity index (χ3v) is 5.99. The lowest BCUT2D eigenvalue weighted by atomic mass is 10.1. The summed E-state index contributed by atoms with van der Waals surface area (Å²) in [5.74, 6) is 0.732. The lowest BCUT2D eigenvalue weighted by molar-refractivity contribution is 0.0953. The molecule has 4 heterocycles. The van der Waals surface area contributed by atoms with Crippen molar-refractivity contribution in [3.63, 3.8) is 0 Å². The number of carbonyl (C=O) groups is 1. The SMILES string of the molecule is O=C(NCCc1nnc2ccccn12)c1c(-n2cnnn2)sc2c1CCC2. The molecule has 1 aliphatic carbocycles. The van der Waals surface area contributed by atoms with Gasteiger partial charge in [0, 0.05) is 24.0 Å². The van der Waals surface area contributed by atoms with Crippen LogP contribution in [0.25, 0.3) is 10.6 Å². The number of amides is 1. The van der Waals surface area contributed by atoms with E-state index in [1.165, 1.54) is 11.2 Å². The molecule has 0 unspecified atom stereocenters. The molecule has 0 fully saturated rings. The van der Waals surface area contributed by atoms with Crippen LogP contribution in [0.1, 0.15) is 33.0 Å². The van der Waals surface area contributed by atoms with Crippen LogP contribution in [-0.2, 0) is 19.3 Å². The lowest BCUT2D eigenvalue weighted by Crippen LogP contribution is -2.27. The van der Waals surface area contributed by atoms with Gasteiger partial charge in [-0.1, -0.05) is 6.07 Å². The molecule has 5 rings (SSSR count). The lowest BCUT2D eigenvalue weighted by Gasteiger charge is -2.07. The molecule has 1 amide bonds. The Morgan fingerprint density at radius 1 is 1.26 bits per heavy atom. The van der Waals surface area contributed by atoms with Gasteiger partial charge in [-0.3, -0.25) is 9.20 Å². The molecule has 10 heteroatoms. The van der Waals surface area contributed by atoms with Crippen molar-refractivity contribution in [2.24, 2.45) is 0 Å². The number of aromatic nitrogens is 7. The Bertz CT molecular complexity index is 1110. The zero-order chi connectivity index (χ0) is 18.2. The first-order valence-electron chi connectivity index (χ1n) is 8.76. The van der Waals surface area contributed by atoms with Gasteiger partial charge < -0.3 is 5.32 Å². The summed E-state index contributed by atoms with van der Waals surface area (Å²) in [6.45, 7) is 0.480. The van der Waals surface area contributed by atoms with Gasteiger partial charge in [-0.15, -0.1) is 26.6 Å². The molecule has 4 aromatic heterocycles. The molecule has 0 bridgehead atoms. The van der Waals surface area contributed by atoms with Crippen LogP contribution < -0.4 is 5.32 Å². The summed E-state index contributed by atoms with van der Waals surface area (Å²) in [5, 5.41) is 23.5. The molecule has 27 heavy (non-hydrogen) atoms. The summed E-state index contributed by atoms with van der Waals surface area (Å²) in [5.41, 5.74) is 2.64. The summed E-state index contributed by atoms with van der Waals surface area (Å²) in [4.78, 5) is 14.2. The molecule has 0 aliphatic heterocycles. The number of nitrogens with zero attached hydrogens (tertiary/aromatic N) is 7. The normalized spacial score (nSPS) is 13.2. The van der Waals surface area contributed by atoms with Crippen LogP contribution in [0.5, 0.6) is 0 Å². The van der Waals surface area contributed by atoms with Gasteiger partial charge in [0.15, 0.2) is 5.65 Å². The van der Waals surface area contributed by atoms with Crippen LogP contribution in [0.15, 0.2) is 30.7 Å². The molecule has 9 nitrogen and oxygen atoms in total. The highest BCUT2D eigenvalue weighted by Gasteiger charge is 2.27. The number of aryl methyl sites for hydroxylation is 1. The van der Waals surface area contributed by atoms with Gasteiger partial charge in [0.1, 0.15) is 17.2 Å². The molecule has 1 N–H and O–H groups in total. The van der Waals surface area contributed by atoms with Crippen molar-refractivity contribution >= 4 is 22.9 Å². The fraction of sp³-hybridized carbons (Fsp3) is 0.294. The third kappa shape index (κ3) is 2.78. The van der Waals surface area contributed by atoms with Gasteiger partial charge in [0.05, 0.1) is 5.56 Å². The molecule has 0 saturated heterocycles. The second kappa shape index (κ2) is 6.54. The fourth-order valence-electron chi connectivity index (χ4n) is 3.48. The van der Waals surface area contributed by atoms with Crippen LogP contribution >= 0.6 is 11.3 Å². The quantitative estimate of drug-likeness (QED) is 0.559. The molecular formula is C17H16N8OS. The Kier molecular flexibility index (Phi) is 3.89. The number of hydrogen-bond donors (Lipinski definition) is 1. The number of fused-ring (bicyclic) bond motifs is 2. The minimum Gasteiger partial charge on any atom is -0.351 e. The first-order chi connectivity index (χ1) is 13.3. The Balaban J connectivity index is 1.36. The van der Waals surface area contributed by atoms with E-state index in [0.29, 0.717) is 18.5 Å². The molecule has 0 spiro atoms. The second-order valence-electron chi connectivity index (χ2n) is 6.34. The van der Waals surface area contributed by atoms with Crippen LogP contribution in [0, 0.1) is 0 Å². The average Bonchev–Trinajstić information content (AvgIpc) is 3.44. The summed E-state index contributed by atoms with van der Waals surface area (Å²) < 4.78 is 3.50. The third-order valence-electron chi connectivity index (χ3n) is 4.71. The second-order valence-corrected chi connectivity index (χ2v) is 7.43. The Morgan fingerprint density at radius 3 is 3.11 bits per heavy atom. The molecule has 1 aliphatic rings. The van der Waals surface area contributed by atoms with Crippen LogP contribution in [-0.4, -0.2) is 47.3 Å². The van der Waals surface area contributed by atoms with Crippen molar-refractivity contribution in [3.8, 4) is 5.00 Å². The van der Waals surface area contributed by atoms with Crippen molar-refractivity contribution in [3.05, 3.63) is 52.6 Å². The standard InChI is InChI=1S/C17H16N8OS/c26-16(18-8-7-14-21-20-13-6-1-2-9-24(13)14)15-11-4-3-5-12(11)27-17(15)25-10-19-22-23-25/h1-2,6,9-10H,3-5,7-8H2,(H,18,26). The maximum absolute atomic E-state index is 12.9. The van der Waals surface area contributed by atoms with Crippen molar-refractivity contribution in [1.82, 2.24) is 40.1 Å². The van der Waals surface area contributed by atoms with E-state index < -0.39 is 0 Å². The number of tetrazole rings is 1. The first kappa shape index (κ1) is 16.1. The average molecular weight is 380 g/mol. The molecule has 0 saturated carbocycles. The van der Waals surface area contributed by atoms with Crippen LogP contribution in [0.3, 0.4) is 0 Å². The largest absolute Gasteiger partial charge is 0.351 e. The molecule has 0 aromatic carbocycles. The molecular weight excluding hydrogens is 364 g/mol. The predicted octanol–water partition coefficient (Wildman–Crippen LogP) is 1.23. The summed E-state index contributed by atoms with van der Waals surface area (Å²) in [6.07, 6.45) is 7.07. The molecule has 0 atom stereocenters. The van der Waals surface area contributed by atoms with E-state index in [0.717, 1.165) is 41.3 Å². The Hall–Kier alpha value is -3.14. The van der Waals surface area contributed by atoms with E-state index in [1.54, 1.807) is 16.0 Å². The monoisotopic (exact) mass is 380 g/mol. The first-order valence-corrected chi connectivity index (χ1v) is 9.57. The van der Waals surface area contributed by atoms with Crippen molar-refractivity contribution in [1.29, 1.82) is 0 Å². The maximum Gasteiger partial charge on any atom is 0.254 e. The molecule has 136 valence electrons. The highest BCUT2D eigenvalue weighted by molar-refractivity contribution is 7.15. The minimum absolute atomic E-state index is 0.0891. The Labute approximate surface area is 158 Å². The van der Waals surface area contributed by atoms with Gasteiger partial charge in [-0.05, 0) is 47.4 Å². The van der Waals surface area contributed by atoms with Crippen molar-refractivity contribution in [2.75, 3.05) is 6.54 Å². The van der Waals surface area contributed by atoms with E-state index in [4.69, 9.17) is 0 Å². The number of rotatable bonds is 5. The van der Waals surface area contributed by atoms with Crippen LogP contribution in [0.2, 0.25) is 0 Å². The zero-order valence-electron chi connectivity index (χ0n) is 14.4. The number of thiophene rings is 1.